The number of ether oxygens (including phenoxy) is 1. The first-order chi connectivity index (χ1) is 15.5. The van der Waals surface area contributed by atoms with E-state index in [4.69, 9.17) is 4.74 Å². The van der Waals surface area contributed by atoms with Crippen LogP contribution in [0.2, 0.25) is 0 Å². The van der Waals surface area contributed by atoms with Crippen LogP contribution in [0.4, 0.5) is 4.79 Å². The van der Waals surface area contributed by atoms with Crippen LogP contribution in [0.1, 0.15) is 21.5 Å². The molecule has 1 aliphatic rings. The molecule has 2 N–H and O–H groups in total. The van der Waals surface area contributed by atoms with Crippen molar-refractivity contribution in [2.24, 2.45) is 0 Å². The topological polar surface area (TPSA) is 84.5 Å². The number of hydrogen-bond donors (Lipinski definition) is 2. The fourth-order valence-electron chi connectivity index (χ4n) is 3.57. The zero-order valence-corrected chi connectivity index (χ0v) is 18.3. The van der Waals surface area contributed by atoms with Gasteiger partial charge in [0.15, 0.2) is 0 Å². The van der Waals surface area contributed by atoms with E-state index >= 15 is 0 Å². The second-order valence-electron chi connectivity index (χ2n) is 7.37. The molecule has 1 heterocycles. The molecule has 3 amide bonds. The van der Waals surface area contributed by atoms with Gasteiger partial charge in [-0.1, -0.05) is 66.4 Å². The molecule has 3 aromatic rings. The van der Waals surface area contributed by atoms with E-state index in [-0.39, 0.29) is 17.1 Å². The molecule has 162 valence electrons. The lowest BCUT2D eigenvalue weighted by Crippen LogP contribution is -2.26. The van der Waals surface area contributed by atoms with Crippen LogP contribution in [0.25, 0.3) is 11.1 Å². The van der Waals surface area contributed by atoms with Gasteiger partial charge in [-0.05, 0) is 46.9 Å². The predicted molar refractivity (Wildman–Crippen MR) is 125 cm³/mol. The summed E-state index contributed by atoms with van der Waals surface area (Å²) in [4.78, 5) is 36.2. The lowest BCUT2D eigenvalue weighted by Gasteiger charge is -2.13. The van der Waals surface area contributed by atoms with Crippen molar-refractivity contribution >= 4 is 28.8 Å². The van der Waals surface area contributed by atoms with Crippen LogP contribution in [0.15, 0.2) is 72.8 Å². The van der Waals surface area contributed by atoms with Gasteiger partial charge in [0.05, 0.1) is 17.9 Å². The molecule has 1 unspecified atom stereocenters. The van der Waals surface area contributed by atoms with Crippen molar-refractivity contribution in [2.45, 2.75) is 18.2 Å². The molecule has 0 radical (unpaired) electrons. The minimum atomic E-state index is -0.493. The van der Waals surface area contributed by atoms with Crippen LogP contribution in [-0.2, 0) is 17.8 Å². The molecular weight excluding hydrogens is 424 g/mol. The number of carbonyl (C=O) groups is 3. The standard InChI is InChI=1S/C25H22N2O4S/c1-31-21-11-10-16(14-22-24(29)27-25(30)32-22)13-20(21)23(28)26-15-17-6-5-9-19(12-17)18-7-3-2-4-8-18/h2-13,22H,14-15H2,1H3,(H,26,28)(H,27,29,30). The van der Waals surface area contributed by atoms with Gasteiger partial charge < -0.3 is 10.1 Å². The molecule has 32 heavy (non-hydrogen) atoms. The molecule has 0 saturated carbocycles. The predicted octanol–water partition coefficient (Wildman–Crippen LogP) is 4.19. The molecule has 1 fully saturated rings. The Morgan fingerprint density at radius 3 is 2.47 bits per heavy atom. The first kappa shape index (κ1) is 21.6. The highest BCUT2D eigenvalue weighted by molar-refractivity contribution is 8.15. The fraction of sp³-hybridized carbons (Fsp3) is 0.160. The van der Waals surface area contributed by atoms with Gasteiger partial charge in [0.2, 0.25) is 5.91 Å². The van der Waals surface area contributed by atoms with Gasteiger partial charge in [-0.3, -0.25) is 19.7 Å². The Balaban J connectivity index is 1.47. The maximum atomic E-state index is 12.9. The third kappa shape index (κ3) is 5.00. The number of rotatable bonds is 7. The molecule has 4 rings (SSSR count). The summed E-state index contributed by atoms with van der Waals surface area (Å²) >= 11 is 0.968. The molecule has 3 aromatic carbocycles. The van der Waals surface area contributed by atoms with Gasteiger partial charge in [0.1, 0.15) is 5.75 Å². The normalized spacial score (nSPS) is 15.3. The average Bonchev–Trinajstić information content (AvgIpc) is 3.14. The van der Waals surface area contributed by atoms with Crippen LogP contribution in [0.5, 0.6) is 5.75 Å². The first-order valence-corrected chi connectivity index (χ1v) is 11.0. The van der Waals surface area contributed by atoms with Crippen molar-refractivity contribution in [2.75, 3.05) is 7.11 Å². The number of thioether (sulfide) groups is 1. The van der Waals surface area contributed by atoms with Crippen LogP contribution in [-0.4, -0.2) is 29.4 Å². The van der Waals surface area contributed by atoms with E-state index in [1.807, 2.05) is 48.5 Å². The van der Waals surface area contributed by atoms with Crippen molar-refractivity contribution in [1.29, 1.82) is 0 Å². The maximum Gasteiger partial charge on any atom is 0.286 e. The number of benzene rings is 3. The minimum Gasteiger partial charge on any atom is -0.496 e. The summed E-state index contributed by atoms with van der Waals surface area (Å²) in [5.41, 5.74) is 4.34. The lowest BCUT2D eigenvalue weighted by molar-refractivity contribution is -0.118. The molecule has 6 nitrogen and oxygen atoms in total. The summed E-state index contributed by atoms with van der Waals surface area (Å²) < 4.78 is 5.36. The molecule has 0 aromatic heterocycles. The monoisotopic (exact) mass is 446 g/mol. The van der Waals surface area contributed by atoms with Gasteiger partial charge >= 0.3 is 0 Å². The largest absolute Gasteiger partial charge is 0.496 e. The Kier molecular flexibility index (Phi) is 6.56. The summed E-state index contributed by atoms with van der Waals surface area (Å²) in [6.07, 6.45) is 0.353. The number of methoxy groups -OCH3 is 1. The first-order valence-electron chi connectivity index (χ1n) is 10.1. The Hall–Kier alpha value is -3.58. The third-order valence-corrected chi connectivity index (χ3v) is 6.17. The van der Waals surface area contributed by atoms with E-state index < -0.39 is 5.25 Å². The van der Waals surface area contributed by atoms with Gasteiger partial charge in [0.25, 0.3) is 11.1 Å². The summed E-state index contributed by atoms with van der Waals surface area (Å²) in [5.74, 6) is -0.127. The van der Waals surface area contributed by atoms with E-state index in [1.54, 1.807) is 18.2 Å². The molecular formula is C25H22N2O4S. The summed E-state index contributed by atoms with van der Waals surface area (Å²) in [6.45, 7) is 0.363. The molecule has 1 saturated heterocycles. The van der Waals surface area contributed by atoms with Crippen molar-refractivity contribution in [1.82, 2.24) is 10.6 Å². The van der Waals surface area contributed by atoms with E-state index in [1.165, 1.54) is 7.11 Å². The Bertz CT molecular complexity index is 1160. The van der Waals surface area contributed by atoms with E-state index in [0.29, 0.717) is 24.3 Å². The molecule has 0 aliphatic carbocycles. The second kappa shape index (κ2) is 9.70. The van der Waals surface area contributed by atoms with Crippen LogP contribution < -0.4 is 15.4 Å². The molecule has 0 spiro atoms. The highest BCUT2D eigenvalue weighted by Crippen LogP contribution is 2.26. The van der Waals surface area contributed by atoms with E-state index in [2.05, 4.69) is 16.7 Å². The van der Waals surface area contributed by atoms with Gasteiger partial charge in [-0.25, -0.2) is 0 Å². The zero-order valence-electron chi connectivity index (χ0n) is 17.5. The summed E-state index contributed by atoms with van der Waals surface area (Å²) in [7, 11) is 1.51. The van der Waals surface area contributed by atoms with Crippen molar-refractivity contribution in [3.63, 3.8) is 0 Å². The minimum absolute atomic E-state index is 0.270. The van der Waals surface area contributed by atoms with Crippen molar-refractivity contribution in [3.05, 3.63) is 89.5 Å². The quantitative estimate of drug-likeness (QED) is 0.569. The lowest BCUT2D eigenvalue weighted by atomic mass is 10.0. The van der Waals surface area contributed by atoms with E-state index in [0.717, 1.165) is 34.0 Å². The Morgan fingerprint density at radius 2 is 1.75 bits per heavy atom. The van der Waals surface area contributed by atoms with E-state index in [9.17, 15) is 14.4 Å². The van der Waals surface area contributed by atoms with Crippen LogP contribution >= 0.6 is 11.8 Å². The molecule has 1 aliphatic heterocycles. The van der Waals surface area contributed by atoms with Crippen molar-refractivity contribution < 1.29 is 19.1 Å². The fourth-order valence-corrected chi connectivity index (χ4v) is 4.43. The highest BCUT2D eigenvalue weighted by Gasteiger charge is 2.31. The Labute approximate surface area is 190 Å². The van der Waals surface area contributed by atoms with Crippen LogP contribution in [0.3, 0.4) is 0 Å². The average molecular weight is 447 g/mol. The SMILES string of the molecule is COc1ccc(CC2SC(=O)NC2=O)cc1C(=O)NCc1cccc(-c2ccccc2)c1. The third-order valence-electron chi connectivity index (χ3n) is 5.18. The number of nitrogens with one attached hydrogen (secondary N) is 2. The number of amides is 3. The smallest absolute Gasteiger partial charge is 0.286 e. The van der Waals surface area contributed by atoms with Gasteiger partial charge in [-0.15, -0.1) is 0 Å². The number of imide groups is 1. The van der Waals surface area contributed by atoms with Crippen LogP contribution in [0, 0.1) is 0 Å². The maximum absolute atomic E-state index is 12.9. The Morgan fingerprint density at radius 1 is 0.969 bits per heavy atom. The van der Waals surface area contributed by atoms with Gasteiger partial charge in [0, 0.05) is 6.54 Å². The summed E-state index contributed by atoms with van der Waals surface area (Å²) in [6, 6.07) is 23.3. The summed E-state index contributed by atoms with van der Waals surface area (Å²) in [5, 5.41) is 4.39. The molecule has 7 heteroatoms. The second-order valence-corrected chi connectivity index (χ2v) is 8.55. The zero-order chi connectivity index (χ0) is 22.5. The number of hydrogen-bond acceptors (Lipinski definition) is 5. The molecule has 0 bridgehead atoms. The van der Waals surface area contributed by atoms with Gasteiger partial charge in [-0.2, -0.15) is 0 Å². The molecule has 1 atom stereocenters. The van der Waals surface area contributed by atoms with Crippen molar-refractivity contribution in [3.8, 4) is 16.9 Å². The number of carbonyl (C=O) groups excluding carboxylic acids is 3. The highest BCUT2D eigenvalue weighted by atomic mass is 32.2.